The lowest BCUT2D eigenvalue weighted by Crippen LogP contribution is -1.94. The number of hydrogen-bond acceptors (Lipinski definition) is 2. The van der Waals surface area contributed by atoms with Crippen molar-refractivity contribution in [2.75, 3.05) is 5.73 Å². The first-order valence-electron chi connectivity index (χ1n) is 5.64. The molecule has 1 heterocycles. The van der Waals surface area contributed by atoms with Crippen LogP contribution in [0.25, 0.3) is 0 Å². The normalized spacial score (nSPS) is 10.7. The van der Waals surface area contributed by atoms with E-state index in [2.05, 4.69) is 13.8 Å². The second kappa shape index (κ2) is 5.74. The predicted octanol–water partition coefficient (Wildman–Crippen LogP) is 3.55. The van der Waals surface area contributed by atoms with Crippen LogP contribution in [0, 0.1) is 0 Å². The predicted molar refractivity (Wildman–Crippen MR) is 60.3 cm³/mol. The zero-order chi connectivity index (χ0) is 10.4. The highest BCUT2D eigenvalue weighted by molar-refractivity contribution is 5.42. The molecule has 1 rings (SSSR count). The number of aryl methyl sites for hydroxylation is 1. The minimum absolute atomic E-state index is 0.629. The van der Waals surface area contributed by atoms with Crippen LogP contribution in [0.4, 0.5) is 5.88 Å². The smallest absolute Gasteiger partial charge is 0.193 e. The third kappa shape index (κ3) is 2.79. The van der Waals surface area contributed by atoms with E-state index in [4.69, 9.17) is 10.2 Å². The summed E-state index contributed by atoms with van der Waals surface area (Å²) in [5, 5.41) is 0. The first-order chi connectivity index (χ1) is 6.79. The Kier molecular flexibility index (Phi) is 4.57. The second-order valence-corrected chi connectivity index (χ2v) is 3.81. The van der Waals surface area contributed by atoms with E-state index in [1.807, 2.05) is 6.26 Å². The quantitative estimate of drug-likeness (QED) is 0.754. The Bertz CT molecular complexity index is 265. The number of rotatable bonds is 6. The lowest BCUT2D eigenvalue weighted by atomic mass is 10.0. The van der Waals surface area contributed by atoms with Gasteiger partial charge in [0.25, 0.3) is 0 Å². The lowest BCUT2D eigenvalue weighted by Gasteiger charge is -2.01. The monoisotopic (exact) mass is 195 g/mol. The fourth-order valence-electron chi connectivity index (χ4n) is 1.65. The summed E-state index contributed by atoms with van der Waals surface area (Å²) in [7, 11) is 0. The summed E-state index contributed by atoms with van der Waals surface area (Å²) in [5.74, 6) is 0.629. The van der Waals surface area contributed by atoms with Crippen molar-refractivity contribution in [3.63, 3.8) is 0 Å². The van der Waals surface area contributed by atoms with E-state index >= 15 is 0 Å². The fraction of sp³-hybridized carbons (Fsp3) is 0.667. The molecule has 0 aliphatic carbocycles. The molecule has 0 bridgehead atoms. The fourth-order valence-corrected chi connectivity index (χ4v) is 1.65. The molecule has 0 aliphatic heterocycles. The highest BCUT2D eigenvalue weighted by Crippen LogP contribution is 2.23. The molecular formula is C12H21NO. The zero-order valence-electron chi connectivity index (χ0n) is 9.31. The summed E-state index contributed by atoms with van der Waals surface area (Å²) in [6.45, 7) is 4.40. The maximum Gasteiger partial charge on any atom is 0.193 e. The molecule has 14 heavy (non-hydrogen) atoms. The molecule has 0 atom stereocenters. The van der Waals surface area contributed by atoms with Gasteiger partial charge in [-0.3, -0.25) is 0 Å². The van der Waals surface area contributed by atoms with Crippen LogP contribution in [-0.2, 0) is 12.8 Å². The minimum atomic E-state index is 0.629. The van der Waals surface area contributed by atoms with Crippen LogP contribution in [0.5, 0.6) is 0 Å². The third-order valence-electron chi connectivity index (χ3n) is 2.59. The molecule has 80 valence electrons. The topological polar surface area (TPSA) is 39.2 Å². The first-order valence-corrected chi connectivity index (χ1v) is 5.64. The Morgan fingerprint density at radius 2 is 1.79 bits per heavy atom. The average molecular weight is 195 g/mol. The van der Waals surface area contributed by atoms with Gasteiger partial charge in [0, 0.05) is 5.56 Å². The van der Waals surface area contributed by atoms with Crippen LogP contribution in [0.3, 0.4) is 0 Å². The van der Waals surface area contributed by atoms with Crippen LogP contribution < -0.4 is 5.73 Å². The van der Waals surface area contributed by atoms with Gasteiger partial charge < -0.3 is 10.2 Å². The summed E-state index contributed by atoms with van der Waals surface area (Å²) in [4.78, 5) is 0. The van der Waals surface area contributed by atoms with Gasteiger partial charge in [-0.05, 0) is 31.2 Å². The van der Waals surface area contributed by atoms with Gasteiger partial charge in [-0.1, -0.05) is 26.7 Å². The largest absolute Gasteiger partial charge is 0.449 e. The van der Waals surface area contributed by atoms with Crippen LogP contribution >= 0.6 is 0 Å². The number of furan rings is 1. The van der Waals surface area contributed by atoms with E-state index in [1.54, 1.807) is 0 Å². The van der Waals surface area contributed by atoms with Crippen molar-refractivity contribution in [3.05, 3.63) is 17.4 Å². The Balaban J connectivity index is 2.62. The number of unbranched alkanes of at least 4 members (excludes halogenated alkanes) is 2. The molecular weight excluding hydrogens is 174 g/mol. The van der Waals surface area contributed by atoms with Crippen molar-refractivity contribution in [1.82, 2.24) is 0 Å². The number of nitrogens with two attached hydrogens (primary N) is 1. The lowest BCUT2D eigenvalue weighted by molar-refractivity contribution is 0.580. The molecule has 1 aromatic rings. The highest BCUT2D eigenvalue weighted by atomic mass is 16.3. The standard InChI is InChI=1S/C12H21NO/c1-3-5-7-10-9-14-12(13)11(10)8-6-4-2/h9H,3-8,13H2,1-2H3. The molecule has 0 amide bonds. The van der Waals surface area contributed by atoms with E-state index < -0.39 is 0 Å². The summed E-state index contributed by atoms with van der Waals surface area (Å²) in [5.41, 5.74) is 8.35. The van der Waals surface area contributed by atoms with E-state index in [1.165, 1.54) is 36.8 Å². The summed E-state index contributed by atoms with van der Waals surface area (Å²) >= 11 is 0. The highest BCUT2D eigenvalue weighted by Gasteiger charge is 2.09. The Labute approximate surface area is 86.5 Å². The molecule has 0 unspecified atom stereocenters. The molecule has 0 aromatic carbocycles. The summed E-state index contributed by atoms with van der Waals surface area (Å²) in [6, 6.07) is 0. The molecule has 0 aliphatic rings. The van der Waals surface area contributed by atoms with Gasteiger partial charge in [-0.25, -0.2) is 0 Å². The van der Waals surface area contributed by atoms with E-state index in [9.17, 15) is 0 Å². The summed E-state index contributed by atoms with van der Waals surface area (Å²) in [6.07, 6.45) is 8.85. The molecule has 1 aromatic heterocycles. The molecule has 2 heteroatoms. The van der Waals surface area contributed by atoms with Crippen LogP contribution in [0.15, 0.2) is 10.7 Å². The van der Waals surface area contributed by atoms with Gasteiger partial charge in [0.15, 0.2) is 5.88 Å². The van der Waals surface area contributed by atoms with Crippen molar-refractivity contribution in [3.8, 4) is 0 Å². The van der Waals surface area contributed by atoms with Crippen LogP contribution in [0.2, 0.25) is 0 Å². The van der Waals surface area contributed by atoms with E-state index in [-0.39, 0.29) is 0 Å². The van der Waals surface area contributed by atoms with Crippen LogP contribution in [0.1, 0.15) is 50.7 Å². The maximum absolute atomic E-state index is 5.79. The van der Waals surface area contributed by atoms with Gasteiger partial charge >= 0.3 is 0 Å². The van der Waals surface area contributed by atoms with Crippen molar-refractivity contribution in [2.24, 2.45) is 0 Å². The molecule has 0 radical (unpaired) electrons. The average Bonchev–Trinajstić information content (AvgIpc) is 2.53. The Morgan fingerprint density at radius 3 is 2.43 bits per heavy atom. The van der Waals surface area contributed by atoms with Crippen molar-refractivity contribution in [2.45, 2.75) is 52.4 Å². The second-order valence-electron chi connectivity index (χ2n) is 3.81. The zero-order valence-corrected chi connectivity index (χ0v) is 9.31. The van der Waals surface area contributed by atoms with Crippen molar-refractivity contribution in [1.29, 1.82) is 0 Å². The van der Waals surface area contributed by atoms with Gasteiger partial charge in [-0.15, -0.1) is 0 Å². The van der Waals surface area contributed by atoms with E-state index in [0.717, 1.165) is 12.8 Å². The summed E-state index contributed by atoms with van der Waals surface area (Å²) < 4.78 is 5.27. The molecule has 0 saturated heterocycles. The third-order valence-corrected chi connectivity index (χ3v) is 2.59. The Hall–Kier alpha value is -0.920. The number of hydrogen-bond donors (Lipinski definition) is 1. The van der Waals surface area contributed by atoms with Gasteiger partial charge in [0.1, 0.15) is 0 Å². The van der Waals surface area contributed by atoms with Crippen molar-refractivity contribution >= 4 is 5.88 Å². The molecule has 2 nitrogen and oxygen atoms in total. The van der Waals surface area contributed by atoms with Gasteiger partial charge in [-0.2, -0.15) is 0 Å². The van der Waals surface area contributed by atoms with Gasteiger partial charge in [0.2, 0.25) is 0 Å². The molecule has 0 spiro atoms. The molecule has 0 saturated carbocycles. The van der Waals surface area contributed by atoms with Gasteiger partial charge in [0.05, 0.1) is 6.26 Å². The Morgan fingerprint density at radius 1 is 1.14 bits per heavy atom. The number of anilines is 1. The van der Waals surface area contributed by atoms with Crippen LogP contribution in [-0.4, -0.2) is 0 Å². The minimum Gasteiger partial charge on any atom is -0.449 e. The molecule has 0 fully saturated rings. The molecule has 2 N–H and O–H groups in total. The first kappa shape index (κ1) is 11.2. The number of nitrogen functional groups attached to an aromatic ring is 1. The maximum atomic E-state index is 5.79. The van der Waals surface area contributed by atoms with Crippen molar-refractivity contribution < 1.29 is 4.42 Å². The van der Waals surface area contributed by atoms with E-state index in [0.29, 0.717) is 5.88 Å². The SMILES string of the molecule is CCCCc1coc(N)c1CCCC.